The number of nitriles is 1. The first kappa shape index (κ1) is 20.3. The number of likely N-dealkylation sites (tertiary alicyclic amines) is 1. The molecule has 2 bridgehead atoms. The number of amides is 1. The number of benzene rings is 1. The van der Waals surface area contributed by atoms with Gasteiger partial charge in [-0.2, -0.15) is 5.26 Å². The molecule has 0 unspecified atom stereocenters. The van der Waals surface area contributed by atoms with Gasteiger partial charge in [-0.25, -0.2) is 14.4 Å². The predicted molar refractivity (Wildman–Crippen MR) is 116 cm³/mol. The van der Waals surface area contributed by atoms with Crippen LogP contribution in [0.3, 0.4) is 0 Å². The number of carbonyl (C=O) groups excluding carboxylic acids is 1. The van der Waals surface area contributed by atoms with Gasteiger partial charge in [0, 0.05) is 25.5 Å². The summed E-state index contributed by atoms with van der Waals surface area (Å²) < 4.78 is 13.3. The molecule has 5 rings (SSSR count). The van der Waals surface area contributed by atoms with E-state index in [1.165, 1.54) is 18.5 Å². The van der Waals surface area contributed by atoms with Gasteiger partial charge in [0.15, 0.2) is 0 Å². The molecule has 0 radical (unpaired) electrons. The first-order valence-electron chi connectivity index (χ1n) is 10.8. The third-order valence-corrected chi connectivity index (χ3v) is 6.97. The van der Waals surface area contributed by atoms with E-state index in [2.05, 4.69) is 21.0 Å². The van der Waals surface area contributed by atoms with Crippen LogP contribution in [0.2, 0.25) is 0 Å². The van der Waals surface area contributed by atoms with Gasteiger partial charge in [0.2, 0.25) is 0 Å². The summed E-state index contributed by atoms with van der Waals surface area (Å²) in [6, 6.07) is 14.3. The number of hydrogen-bond acceptors (Lipinski definition) is 5. The maximum Gasteiger partial charge on any atom is 0.256 e. The lowest BCUT2D eigenvalue weighted by atomic mass is 9.66. The van der Waals surface area contributed by atoms with Gasteiger partial charge < -0.3 is 4.90 Å². The molecule has 3 heterocycles. The third-order valence-electron chi connectivity index (χ3n) is 6.97. The average Bonchev–Trinajstić information content (AvgIpc) is 3.01. The van der Waals surface area contributed by atoms with Gasteiger partial charge in [-0.3, -0.25) is 9.78 Å². The summed E-state index contributed by atoms with van der Waals surface area (Å²) in [6.45, 7) is 1.06. The zero-order chi connectivity index (χ0) is 22.1. The highest BCUT2D eigenvalue weighted by Gasteiger charge is 2.55. The monoisotopic (exact) mass is 427 g/mol. The van der Waals surface area contributed by atoms with Crippen LogP contribution < -0.4 is 0 Å². The van der Waals surface area contributed by atoms with E-state index in [4.69, 9.17) is 0 Å². The van der Waals surface area contributed by atoms with E-state index >= 15 is 0 Å². The van der Waals surface area contributed by atoms with Crippen molar-refractivity contribution in [1.82, 2.24) is 19.9 Å². The van der Waals surface area contributed by atoms with Crippen molar-refractivity contribution in [3.05, 3.63) is 78.1 Å². The molecule has 2 fully saturated rings. The maximum absolute atomic E-state index is 13.5. The summed E-state index contributed by atoms with van der Waals surface area (Å²) in [7, 11) is 0. The number of fused-ring (bicyclic) bond motifs is 2. The Morgan fingerprint density at radius 3 is 2.50 bits per heavy atom. The van der Waals surface area contributed by atoms with Crippen molar-refractivity contribution in [2.45, 2.75) is 19.3 Å². The highest BCUT2D eigenvalue weighted by atomic mass is 19.1. The lowest BCUT2D eigenvalue weighted by molar-refractivity contribution is 0.0420. The van der Waals surface area contributed by atoms with Gasteiger partial charge in [-0.15, -0.1) is 0 Å². The second-order valence-corrected chi connectivity index (χ2v) is 8.63. The molecule has 1 amide bonds. The molecule has 1 aliphatic carbocycles. The van der Waals surface area contributed by atoms with Crippen LogP contribution in [0.5, 0.6) is 0 Å². The van der Waals surface area contributed by atoms with Gasteiger partial charge in [0.05, 0.1) is 22.7 Å². The van der Waals surface area contributed by atoms with Gasteiger partial charge in [0.1, 0.15) is 17.8 Å². The predicted octanol–water partition coefficient (Wildman–Crippen LogP) is 3.91. The molecule has 0 N–H and O–H groups in total. The lowest BCUT2D eigenvalue weighted by Crippen LogP contribution is -2.51. The van der Waals surface area contributed by atoms with Crippen LogP contribution >= 0.6 is 0 Å². The highest BCUT2D eigenvalue weighted by molar-refractivity contribution is 5.99. The molecule has 6 nitrogen and oxygen atoms in total. The van der Waals surface area contributed by atoms with Crippen LogP contribution in [0.1, 0.15) is 28.8 Å². The molecule has 1 aliphatic heterocycles. The molecule has 1 saturated carbocycles. The van der Waals surface area contributed by atoms with E-state index in [1.54, 1.807) is 42.7 Å². The lowest BCUT2D eigenvalue weighted by Gasteiger charge is -2.44. The number of piperidine rings is 1. The summed E-state index contributed by atoms with van der Waals surface area (Å²) in [5.74, 6) is -0.199. The number of rotatable bonds is 4. The zero-order valence-corrected chi connectivity index (χ0v) is 17.5. The van der Waals surface area contributed by atoms with Crippen LogP contribution in [-0.4, -0.2) is 38.8 Å². The fraction of sp³-hybridized carbons (Fsp3) is 0.320. The molecule has 1 aromatic carbocycles. The first-order valence-corrected chi connectivity index (χ1v) is 10.8. The van der Waals surface area contributed by atoms with Crippen LogP contribution in [0.25, 0.3) is 11.4 Å². The van der Waals surface area contributed by atoms with E-state index in [1.807, 2.05) is 4.90 Å². The van der Waals surface area contributed by atoms with Crippen LogP contribution in [0.15, 0.2) is 61.2 Å². The van der Waals surface area contributed by atoms with Crippen molar-refractivity contribution in [3.63, 3.8) is 0 Å². The minimum atomic E-state index is -0.529. The van der Waals surface area contributed by atoms with Crippen molar-refractivity contribution < 1.29 is 9.18 Å². The molecule has 3 aromatic rings. The Morgan fingerprint density at radius 1 is 1.09 bits per heavy atom. The van der Waals surface area contributed by atoms with E-state index in [0.717, 1.165) is 18.4 Å². The van der Waals surface area contributed by atoms with Crippen molar-refractivity contribution in [2.75, 3.05) is 13.1 Å². The SMILES string of the molecule is N#C[C@@]1(Cc2ccc(F)cc2)[C@@H]2CC[C@H]1CN(C(=O)c1cccnc1-c1ccncn1)C2. The van der Waals surface area contributed by atoms with Crippen molar-refractivity contribution in [2.24, 2.45) is 17.3 Å². The largest absolute Gasteiger partial charge is 0.338 e. The van der Waals surface area contributed by atoms with Gasteiger partial charge in [-0.1, -0.05) is 12.1 Å². The normalized spacial score (nSPS) is 24.2. The fourth-order valence-corrected chi connectivity index (χ4v) is 5.37. The molecule has 160 valence electrons. The Kier molecular flexibility index (Phi) is 5.14. The van der Waals surface area contributed by atoms with E-state index in [0.29, 0.717) is 36.5 Å². The quantitative estimate of drug-likeness (QED) is 0.630. The molecule has 3 atom stereocenters. The number of hydrogen-bond donors (Lipinski definition) is 0. The first-order chi connectivity index (χ1) is 15.6. The molecule has 2 aliphatic rings. The Bertz CT molecular complexity index is 1160. The standard InChI is InChI=1S/C25H22FN5O/c26-20-7-3-17(4-8-20)12-25(15-27)18-5-6-19(25)14-31(13-18)24(32)21-2-1-10-29-23(21)22-9-11-28-16-30-22/h1-4,7-11,16,18-19H,5-6,12-14H2/t18-,19+,25+. The third kappa shape index (κ3) is 3.42. The van der Waals surface area contributed by atoms with E-state index in [9.17, 15) is 14.4 Å². The van der Waals surface area contributed by atoms with Crippen molar-refractivity contribution in [3.8, 4) is 17.5 Å². The number of carbonyl (C=O) groups is 1. The fourth-order valence-electron chi connectivity index (χ4n) is 5.37. The Labute approximate surface area is 185 Å². The zero-order valence-electron chi connectivity index (χ0n) is 17.5. The molecular formula is C25H22FN5O. The topological polar surface area (TPSA) is 82.8 Å². The van der Waals surface area contributed by atoms with E-state index in [-0.39, 0.29) is 23.6 Å². The van der Waals surface area contributed by atoms with Crippen molar-refractivity contribution in [1.29, 1.82) is 5.26 Å². The molecular weight excluding hydrogens is 405 g/mol. The minimum Gasteiger partial charge on any atom is -0.338 e. The number of aromatic nitrogens is 3. The second kappa shape index (κ2) is 8.12. The maximum atomic E-state index is 13.5. The summed E-state index contributed by atoms with van der Waals surface area (Å²) >= 11 is 0. The smallest absolute Gasteiger partial charge is 0.256 e. The van der Waals surface area contributed by atoms with Crippen LogP contribution in [0, 0.1) is 34.4 Å². The van der Waals surface area contributed by atoms with Crippen LogP contribution in [0.4, 0.5) is 4.39 Å². The summed E-state index contributed by atoms with van der Waals surface area (Å²) in [5, 5.41) is 10.2. The minimum absolute atomic E-state index is 0.0828. The number of nitrogens with zero attached hydrogens (tertiary/aromatic N) is 5. The van der Waals surface area contributed by atoms with Crippen LogP contribution in [-0.2, 0) is 6.42 Å². The molecule has 7 heteroatoms. The summed E-state index contributed by atoms with van der Waals surface area (Å²) in [6.07, 6.45) is 7.13. The molecule has 1 saturated heterocycles. The Morgan fingerprint density at radius 2 is 1.84 bits per heavy atom. The Hall–Kier alpha value is -3.66. The van der Waals surface area contributed by atoms with Gasteiger partial charge in [0.25, 0.3) is 5.91 Å². The van der Waals surface area contributed by atoms with Gasteiger partial charge >= 0.3 is 0 Å². The Balaban J connectivity index is 1.41. The van der Waals surface area contributed by atoms with Crippen molar-refractivity contribution >= 4 is 5.91 Å². The number of halogens is 1. The summed E-state index contributed by atoms with van der Waals surface area (Å²) in [5.41, 5.74) is 2.08. The second-order valence-electron chi connectivity index (χ2n) is 8.63. The molecule has 2 aromatic heterocycles. The number of pyridine rings is 1. The molecule has 32 heavy (non-hydrogen) atoms. The highest BCUT2D eigenvalue weighted by Crippen LogP contribution is 2.53. The average molecular weight is 427 g/mol. The van der Waals surface area contributed by atoms with E-state index < -0.39 is 5.41 Å². The molecule has 0 spiro atoms. The summed E-state index contributed by atoms with van der Waals surface area (Å²) in [4.78, 5) is 28.0. The van der Waals surface area contributed by atoms with Gasteiger partial charge in [-0.05, 0) is 67.0 Å².